The van der Waals surface area contributed by atoms with Crippen LogP contribution in [0, 0.1) is 5.92 Å². The van der Waals surface area contributed by atoms with Crippen LogP contribution in [0.15, 0.2) is 0 Å². The third kappa shape index (κ3) is 3.04. The maximum absolute atomic E-state index is 13.2. The summed E-state index contributed by atoms with van der Waals surface area (Å²) in [4.78, 5) is 0. The molecule has 0 radical (unpaired) electrons. The van der Waals surface area contributed by atoms with Crippen LogP contribution in [0.3, 0.4) is 0 Å². The summed E-state index contributed by atoms with van der Waals surface area (Å²) in [7, 11) is 0. The molecule has 3 N–H and O–H groups in total. The van der Waals surface area contributed by atoms with Crippen molar-refractivity contribution in [2.45, 2.75) is 36.3 Å². The zero-order chi connectivity index (χ0) is 12.5. The molecule has 0 aromatic carbocycles. The lowest BCUT2D eigenvalue weighted by Gasteiger charge is -2.41. The Morgan fingerprint density at radius 2 is 2.35 bits per heavy atom. The van der Waals surface area contributed by atoms with Crippen molar-refractivity contribution in [2.75, 3.05) is 18.1 Å². The van der Waals surface area contributed by atoms with E-state index in [0.29, 0.717) is 19.4 Å². The summed E-state index contributed by atoms with van der Waals surface area (Å²) in [6.07, 6.45) is 2.11. The molecule has 2 rings (SSSR count). The van der Waals surface area contributed by atoms with Gasteiger partial charge in [-0.25, -0.2) is 5.43 Å². The number of halogens is 3. The van der Waals surface area contributed by atoms with Crippen LogP contribution in [0.25, 0.3) is 0 Å². The number of hydrogen-bond donors (Lipinski definition) is 2. The number of hydrazine groups is 1. The average Bonchev–Trinajstić information content (AvgIpc) is 2.65. The monoisotopic (exact) mass is 286 g/mol. The minimum absolute atomic E-state index is 0.231. The molecule has 2 saturated heterocycles. The Morgan fingerprint density at radius 3 is 2.88 bits per heavy atom. The van der Waals surface area contributed by atoms with Crippen molar-refractivity contribution < 1.29 is 13.5 Å². The van der Waals surface area contributed by atoms with Gasteiger partial charge in [0.2, 0.25) is 0 Å². The maximum Gasteiger partial charge on any atom is 0.338 e. The standard InChI is InChI=1S/C10H17ClF2N2OS/c11-10(12,13)8(15-14)7-1-3-16-9(5-7)2-4-17-6-9/h7-8,15H,1-6,14H2. The first-order valence-electron chi connectivity index (χ1n) is 5.71. The number of nitrogens with one attached hydrogen (secondary N) is 1. The van der Waals surface area contributed by atoms with E-state index in [4.69, 9.17) is 22.2 Å². The zero-order valence-corrected chi connectivity index (χ0v) is 11.0. The first-order valence-corrected chi connectivity index (χ1v) is 7.25. The Morgan fingerprint density at radius 1 is 1.59 bits per heavy atom. The molecule has 0 aromatic rings. The molecule has 3 unspecified atom stereocenters. The molecule has 2 aliphatic heterocycles. The maximum atomic E-state index is 13.2. The van der Waals surface area contributed by atoms with Gasteiger partial charge in [0.1, 0.15) is 6.04 Å². The van der Waals surface area contributed by atoms with Crippen molar-refractivity contribution in [3.05, 3.63) is 0 Å². The Kier molecular flexibility index (Phi) is 4.20. The van der Waals surface area contributed by atoms with E-state index in [0.717, 1.165) is 17.9 Å². The summed E-state index contributed by atoms with van der Waals surface area (Å²) in [5, 5.41) is -3.32. The van der Waals surface area contributed by atoms with Gasteiger partial charge in [-0.2, -0.15) is 20.5 Å². The number of nitrogens with two attached hydrogens (primary N) is 1. The second-order valence-corrected chi connectivity index (χ2v) is 6.38. The van der Waals surface area contributed by atoms with E-state index in [9.17, 15) is 8.78 Å². The lowest BCUT2D eigenvalue weighted by atomic mass is 9.81. The summed E-state index contributed by atoms with van der Waals surface area (Å²) in [6, 6.07) is -1.18. The molecule has 0 saturated carbocycles. The molecule has 7 heteroatoms. The summed E-state index contributed by atoms with van der Waals surface area (Å²) in [6.45, 7) is 0.510. The lowest BCUT2D eigenvalue weighted by Crippen LogP contribution is -2.54. The van der Waals surface area contributed by atoms with Gasteiger partial charge in [-0.05, 0) is 42.5 Å². The van der Waals surface area contributed by atoms with Gasteiger partial charge in [0.25, 0.3) is 0 Å². The van der Waals surface area contributed by atoms with Crippen molar-refractivity contribution in [3.8, 4) is 0 Å². The molecule has 100 valence electrons. The Balaban J connectivity index is 2.05. The van der Waals surface area contributed by atoms with Gasteiger partial charge < -0.3 is 4.74 Å². The van der Waals surface area contributed by atoms with E-state index in [2.05, 4.69) is 5.43 Å². The Bertz CT molecular complexity index is 272. The van der Waals surface area contributed by atoms with Crippen molar-refractivity contribution in [1.29, 1.82) is 0 Å². The molecule has 17 heavy (non-hydrogen) atoms. The molecule has 2 heterocycles. The fourth-order valence-electron chi connectivity index (χ4n) is 2.71. The minimum atomic E-state index is -3.32. The van der Waals surface area contributed by atoms with Gasteiger partial charge in [0.15, 0.2) is 0 Å². The van der Waals surface area contributed by atoms with Crippen LogP contribution in [0.2, 0.25) is 0 Å². The average molecular weight is 287 g/mol. The number of thioether (sulfide) groups is 1. The van der Waals surface area contributed by atoms with E-state index in [1.54, 1.807) is 0 Å². The molecule has 0 amide bonds. The first-order chi connectivity index (χ1) is 7.97. The SMILES string of the molecule is NNC(C1CCOC2(CCSC2)C1)C(F)(F)Cl. The predicted octanol–water partition coefficient (Wildman–Crippen LogP) is 1.95. The number of ether oxygens (including phenoxy) is 1. The topological polar surface area (TPSA) is 47.3 Å². The van der Waals surface area contributed by atoms with Crippen LogP contribution in [0.4, 0.5) is 8.78 Å². The van der Waals surface area contributed by atoms with E-state index in [-0.39, 0.29) is 11.5 Å². The first kappa shape index (κ1) is 13.8. The minimum Gasteiger partial charge on any atom is -0.374 e. The summed E-state index contributed by atoms with van der Waals surface area (Å²) in [5.41, 5.74) is 1.94. The lowest BCUT2D eigenvalue weighted by molar-refractivity contribution is -0.101. The number of rotatable bonds is 3. The smallest absolute Gasteiger partial charge is 0.338 e. The van der Waals surface area contributed by atoms with Crippen molar-refractivity contribution in [2.24, 2.45) is 11.8 Å². The predicted molar refractivity (Wildman–Crippen MR) is 65.3 cm³/mol. The van der Waals surface area contributed by atoms with Crippen LogP contribution in [0.5, 0.6) is 0 Å². The molecule has 2 aliphatic rings. The van der Waals surface area contributed by atoms with Gasteiger partial charge in [-0.15, -0.1) is 0 Å². The summed E-state index contributed by atoms with van der Waals surface area (Å²) < 4.78 is 32.2. The van der Waals surface area contributed by atoms with Crippen LogP contribution in [-0.2, 0) is 4.74 Å². The third-order valence-corrected chi connectivity index (χ3v) is 5.06. The van der Waals surface area contributed by atoms with Gasteiger partial charge in [0, 0.05) is 12.4 Å². The Labute approximate surface area is 109 Å². The summed E-state index contributed by atoms with van der Waals surface area (Å²) >= 11 is 6.92. The molecule has 0 aromatic heterocycles. The molecule has 3 atom stereocenters. The van der Waals surface area contributed by atoms with Gasteiger partial charge >= 0.3 is 5.38 Å². The highest BCUT2D eigenvalue weighted by molar-refractivity contribution is 7.99. The molecular weight excluding hydrogens is 270 g/mol. The molecule has 1 spiro atoms. The second-order valence-electron chi connectivity index (χ2n) is 4.77. The second kappa shape index (κ2) is 5.17. The highest BCUT2D eigenvalue weighted by atomic mass is 35.5. The molecule has 2 fully saturated rings. The molecule has 3 nitrogen and oxygen atoms in total. The fourth-order valence-corrected chi connectivity index (χ4v) is 4.33. The highest BCUT2D eigenvalue weighted by Crippen LogP contribution is 2.43. The van der Waals surface area contributed by atoms with Gasteiger partial charge in [-0.1, -0.05) is 0 Å². The van der Waals surface area contributed by atoms with Crippen molar-refractivity contribution in [3.63, 3.8) is 0 Å². The van der Waals surface area contributed by atoms with Crippen LogP contribution < -0.4 is 11.3 Å². The van der Waals surface area contributed by atoms with E-state index < -0.39 is 11.4 Å². The number of alkyl halides is 3. The molecule has 0 bridgehead atoms. The summed E-state index contributed by atoms with van der Waals surface area (Å²) in [5.74, 6) is 6.90. The van der Waals surface area contributed by atoms with Crippen molar-refractivity contribution in [1.82, 2.24) is 5.43 Å². The third-order valence-electron chi connectivity index (χ3n) is 3.60. The zero-order valence-electron chi connectivity index (χ0n) is 9.43. The van der Waals surface area contributed by atoms with E-state index >= 15 is 0 Å². The fraction of sp³-hybridized carbons (Fsp3) is 1.00. The molecular formula is C10H17ClF2N2OS. The quantitative estimate of drug-likeness (QED) is 0.473. The number of hydrogen-bond acceptors (Lipinski definition) is 4. The van der Waals surface area contributed by atoms with Gasteiger partial charge in [0.05, 0.1) is 5.60 Å². The van der Waals surface area contributed by atoms with E-state index in [1.165, 1.54) is 0 Å². The van der Waals surface area contributed by atoms with Crippen LogP contribution >= 0.6 is 23.4 Å². The normalized spacial score (nSPS) is 36.4. The van der Waals surface area contributed by atoms with Crippen molar-refractivity contribution >= 4 is 23.4 Å². The largest absolute Gasteiger partial charge is 0.374 e. The van der Waals surface area contributed by atoms with Crippen LogP contribution in [-0.4, -0.2) is 35.1 Å². The van der Waals surface area contributed by atoms with Gasteiger partial charge in [-0.3, -0.25) is 5.84 Å². The van der Waals surface area contributed by atoms with Crippen LogP contribution in [0.1, 0.15) is 19.3 Å². The highest BCUT2D eigenvalue weighted by Gasteiger charge is 2.48. The van der Waals surface area contributed by atoms with E-state index in [1.807, 2.05) is 11.8 Å². The molecule has 0 aliphatic carbocycles. The Hall–Kier alpha value is 0.380.